The van der Waals surface area contributed by atoms with E-state index in [1.54, 1.807) is 6.08 Å². The quantitative estimate of drug-likeness (QED) is 0.673. The molecule has 0 aromatic heterocycles. The van der Waals surface area contributed by atoms with Crippen LogP contribution in [-0.4, -0.2) is 18.9 Å². The van der Waals surface area contributed by atoms with Gasteiger partial charge in [-0.15, -0.1) is 0 Å². The normalized spacial score (nSPS) is 45.2. The fourth-order valence-electron chi connectivity index (χ4n) is 7.41. The van der Waals surface area contributed by atoms with Crippen molar-refractivity contribution in [2.45, 2.75) is 59.3 Å². The van der Waals surface area contributed by atoms with Crippen LogP contribution in [0.25, 0.3) is 0 Å². The maximum absolute atomic E-state index is 12.2. The van der Waals surface area contributed by atoms with Gasteiger partial charge in [-0.2, -0.15) is 0 Å². The first-order chi connectivity index (χ1) is 12.3. The SMILES string of the molecule is COC(=O)C(C)C1CCC2C3CCC4=CC(=O)C=CC4(C)C3CCC12C. The molecule has 3 nitrogen and oxygen atoms in total. The zero-order chi connectivity index (χ0) is 18.7. The van der Waals surface area contributed by atoms with Gasteiger partial charge in [0, 0.05) is 5.41 Å². The lowest BCUT2D eigenvalue weighted by atomic mass is 9.47. The Morgan fingerprint density at radius 1 is 1.19 bits per heavy atom. The van der Waals surface area contributed by atoms with Crippen molar-refractivity contribution in [3.05, 3.63) is 23.8 Å². The highest BCUT2D eigenvalue weighted by molar-refractivity contribution is 6.01. The predicted molar refractivity (Wildman–Crippen MR) is 101 cm³/mol. The number of fused-ring (bicyclic) bond motifs is 5. The Bertz CT molecular complexity index is 690. The molecule has 4 aliphatic carbocycles. The van der Waals surface area contributed by atoms with Crippen molar-refractivity contribution in [3.63, 3.8) is 0 Å². The Hall–Kier alpha value is -1.38. The molecule has 0 aliphatic heterocycles. The van der Waals surface area contributed by atoms with Gasteiger partial charge in [-0.05, 0) is 79.8 Å². The van der Waals surface area contributed by atoms with Gasteiger partial charge in [-0.25, -0.2) is 0 Å². The summed E-state index contributed by atoms with van der Waals surface area (Å²) in [6.07, 6.45) is 12.9. The van der Waals surface area contributed by atoms with Gasteiger partial charge < -0.3 is 4.74 Å². The Labute approximate surface area is 157 Å². The number of esters is 1. The topological polar surface area (TPSA) is 43.4 Å². The number of carbonyl (C=O) groups is 2. The molecule has 0 saturated heterocycles. The molecule has 0 N–H and O–H groups in total. The molecule has 0 aromatic carbocycles. The van der Waals surface area contributed by atoms with Crippen LogP contribution < -0.4 is 0 Å². The van der Waals surface area contributed by atoms with E-state index >= 15 is 0 Å². The summed E-state index contributed by atoms with van der Waals surface area (Å²) in [5.41, 5.74) is 1.66. The molecule has 0 amide bonds. The highest BCUT2D eigenvalue weighted by Gasteiger charge is 2.59. The molecule has 3 heteroatoms. The van der Waals surface area contributed by atoms with Crippen molar-refractivity contribution in [2.75, 3.05) is 7.11 Å². The molecule has 3 saturated carbocycles. The first-order valence-electron chi connectivity index (χ1n) is 10.3. The molecule has 4 aliphatic rings. The molecule has 0 heterocycles. The maximum Gasteiger partial charge on any atom is 0.308 e. The number of carbonyl (C=O) groups excluding carboxylic acids is 2. The van der Waals surface area contributed by atoms with Gasteiger partial charge in [0.2, 0.25) is 0 Å². The second kappa shape index (κ2) is 6.07. The fraction of sp³-hybridized carbons (Fsp3) is 0.739. The number of hydrogen-bond acceptors (Lipinski definition) is 3. The molecule has 0 spiro atoms. The Morgan fingerprint density at radius 3 is 2.69 bits per heavy atom. The minimum absolute atomic E-state index is 0.00613. The van der Waals surface area contributed by atoms with Gasteiger partial charge in [0.25, 0.3) is 0 Å². The molecule has 26 heavy (non-hydrogen) atoms. The van der Waals surface area contributed by atoms with Gasteiger partial charge in [0.05, 0.1) is 13.0 Å². The van der Waals surface area contributed by atoms with Crippen LogP contribution in [0.1, 0.15) is 59.3 Å². The average Bonchev–Trinajstić information content (AvgIpc) is 2.98. The van der Waals surface area contributed by atoms with Crippen molar-refractivity contribution in [2.24, 2.45) is 40.4 Å². The van der Waals surface area contributed by atoms with E-state index in [4.69, 9.17) is 4.74 Å². The van der Waals surface area contributed by atoms with E-state index in [1.165, 1.54) is 38.4 Å². The van der Waals surface area contributed by atoms with Crippen LogP contribution in [0.4, 0.5) is 0 Å². The van der Waals surface area contributed by atoms with Crippen LogP contribution in [0.3, 0.4) is 0 Å². The van der Waals surface area contributed by atoms with Crippen LogP contribution in [0, 0.1) is 40.4 Å². The van der Waals surface area contributed by atoms with Crippen molar-refractivity contribution in [1.29, 1.82) is 0 Å². The number of rotatable bonds is 2. The molecular formula is C23H32O3. The Morgan fingerprint density at radius 2 is 1.96 bits per heavy atom. The van der Waals surface area contributed by atoms with Crippen LogP contribution in [0.5, 0.6) is 0 Å². The predicted octanol–water partition coefficient (Wildman–Crippen LogP) is 4.72. The molecule has 0 bridgehead atoms. The van der Waals surface area contributed by atoms with Gasteiger partial charge in [0.1, 0.15) is 0 Å². The monoisotopic (exact) mass is 356 g/mol. The second-order valence-corrected chi connectivity index (χ2v) is 9.64. The van der Waals surface area contributed by atoms with Gasteiger partial charge >= 0.3 is 5.97 Å². The summed E-state index contributed by atoms with van der Waals surface area (Å²) in [5.74, 6) is 2.59. The lowest BCUT2D eigenvalue weighted by Gasteiger charge is -2.57. The Kier molecular flexibility index (Phi) is 4.20. The standard InChI is InChI=1S/C23H32O3/c1-14(21(25)26-4)18-7-8-19-17-6-5-15-13-16(24)9-11-22(15,2)20(17)10-12-23(18,19)3/h9,11,13-14,17-20H,5-8,10,12H2,1-4H3. The minimum Gasteiger partial charge on any atom is -0.469 e. The summed E-state index contributed by atoms with van der Waals surface area (Å²) < 4.78 is 5.07. The van der Waals surface area contributed by atoms with E-state index < -0.39 is 0 Å². The molecule has 7 unspecified atom stereocenters. The Balaban J connectivity index is 1.62. The lowest BCUT2D eigenvalue weighted by Crippen LogP contribution is -2.50. The van der Waals surface area contributed by atoms with Crippen LogP contribution in [0.2, 0.25) is 0 Å². The first-order valence-corrected chi connectivity index (χ1v) is 10.3. The largest absolute Gasteiger partial charge is 0.469 e. The smallest absolute Gasteiger partial charge is 0.308 e. The van der Waals surface area contributed by atoms with E-state index in [0.717, 1.165) is 12.8 Å². The average molecular weight is 357 g/mol. The first kappa shape index (κ1) is 18.0. The van der Waals surface area contributed by atoms with Crippen molar-refractivity contribution in [3.8, 4) is 0 Å². The van der Waals surface area contributed by atoms with Crippen LogP contribution in [-0.2, 0) is 14.3 Å². The summed E-state index contributed by atoms with van der Waals surface area (Å²) in [4.78, 5) is 24.1. The molecule has 7 atom stereocenters. The molecule has 4 rings (SSSR count). The van der Waals surface area contributed by atoms with E-state index in [1.807, 2.05) is 6.08 Å². The van der Waals surface area contributed by atoms with E-state index in [2.05, 4.69) is 26.8 Å². The van der Waals surface area contributed by atoms with Crippen molar-refractivity contribution >= 4 is 11.8 Å². The van der Waals surface area contributed by atoms with Crippen molar-refractivity contribution < 1.29 is 14.3 Å². The molecule has 142 valence electrons. The van der Waals surface area contributed by atoms with Gasteiger partial charge in [-0.1, -0.05) is 32.4 Å². The number of methoxy groups -OCH3 is 1. The third-order valence-electron chi connectivity index (χ3n) is 8.81. The number of ketones is 1. The minimum atomic E-state index is -0.0476. The van der Waals surface area contributed by atoms with Crippen molar-refractivity contribution in [1.82, 2.24) is 0 Å². The zero-order valence-corrected chi connectivity index (χ0v) is 16.6. The zero-order valence-electron chi connectivity index (χ0n) is 16.6. The van der Waals surface area contributed by atoms with E-state index in [9.17, 15) is 9.59 Å². The summed E-state index contributed by atoms with van der Waals surface area (Å²) in [7, 11) is 1.51. The summed E-state index contributed by atoms with van der Waals surface area (Å²) >= 11 is 0. The van der Waals surface area contributed by atoms with Crippen LogP contribution >= 0.6 is 0 Å². The lowest BCUT2D eigenvalue weighted by molar-refractivity contribution is -0.149. The molecule has 0 radical (unpaired) electrons. The number of hydrogen-bond donors (Lipinski definition) is 0. The number of allylic oxidation sites excluding steroid dienone is 4. The summed E-state index contributed by atoms with van der Waals surface area (Å²) in [5, 5.41) is 0. The van der Waals surface area contributed by atoms with E-state index in [-0.39, 0.29) is 28.5 Å². The number of ether oxygens (including phenoxy) is 1. The maximum atomic E-state index is 12.2. The third-order valence-corrected chi connectivity index (χ3v) is 8.81. The third kappa shape index (κ3) is 2.38. The molecule has 3 fully saturated rings. The summed E-state index contributed by atoms with van der Waals surface area (Å²) in [6.45, 7) is 6.86. The fourth-order valence-corrected chi connectivity index (χ4v) is 7.41. The highest BCUT2D eigenvalue weighted by atomic mass is 16.5. The van der Waals surface area contributed by atoms with E-state index in [0.29, 0.717) is 23.7 Å². The molecule has 0 aromatic rings. The summed E-state index contributed by atoms with van der Waals surface area (Å²) in [6, 6.07) is 0. The molecular weight excluding hydrogens is 324 g/mol. The highest BCUT2D eigenvalue weighted by Crippen LogP contribution is 2.66. The second-order valence-electron chi connectivity index (χ2n) is 9.64. The van der Waals surface area contributed by atoms with Crippen LogP contribution in [0.15, 0.2) is 23.8 Å². The van der Waals surface area contributed by atoms with Gasteiger partial charge in [-0.3, -0.25) is 9.59 Å². The van der Waals surface area contributed by atoms with Gasteiger partial charge in [0.15, 0.2) is 5.78 Å².